The molecule has 0 aromatic carbocycles. The smallest absolute Gasteiger partial charge is 0.195 e. The van der Waals surface area contributed by atoms with Crippen LogP contribution in [0.15, 0.2) is 16.6 Å². The lowest BCUT2D eigenvalue weighted by molar-refractivity contribution is 0.720. The van der Waals surface area contributed by atoms with E-state index in [1.807, 2.05) is 22.2 Å². The highest BCUT2D eigenvalue weighted by Gasteiger charge is 2.08. The number of nitrogens with zero attached hydrogens (tertiary/aromatic N) is 3. The van der Waals surface area contributed by atoms with Crippen LogP contribution in [0.5, 0.6) is 0 Å². The molecule has 80 valence electrons. The second kappa shape index (κ2) is 4.33. The van der Waals surface area contributed by atoms with Gasteiger partial charge in [-0.1, -0.05) is 18.5 Å². The van der Waals surface area contributed by atoms with E-state index in [9.17, 15) is 0 Å². The van der Waals surface area contributed by atoms with E-state index in [2.05, 4.69) is 23.8 Å². The molecule has 0 aliphatic heterocycles. The molecule has 0 radical (unpaired) electrons. The average molecular weight is 242 g/mol. The average Bonchev–Trinajstić information content (AvgIpc) is 2.75. The first kappa shape index (κ1) is 10.6. The molecule has 5 heteroatoms. The summed E-state index contributed by atoms with van der Waals surface area (Å²) in [6.45, 7) is 4.19. The van der Waals surface area contributed by atoms with Gasteiger partial charge in [0, 0.05) is 23.8 Å². The number of aromatic nitrogens is 2. The molecule has 2 aromatic heterocycles. The van der Waals surface area contributed by atoms with Crippen molar-refractivity contribution in [3.05, 3.63) is 22.4 Å². The van der Waals surface area contributed by atoms with Gasteiger partial charge in [0.05, 0.1) is 0 Å². The van der Waals surface area contributed by atoms with Crippen molar-refractivity contribution in [3.63, 3.8) is 0 Å². The molecule has 0 aliphatic rings. The summed E-state index contributed by atoms with van der Waals surface area (Å²) in [5.41, 5.74) is 0.869. The Morgan fingerprint density at radius 2 is 2.53 bits per heavy atom. The van der Waals surface area contributed by atoms with Crippen LogP contribution < -0.4 is 0 Å². The van der Waals surface area contributed by atoms with Crippen LogP contribution in [-0.4, -0.2) is 21.6 Å². The molecule has 0 unspecified atom stereocenters. The minimum absolute atomic E-state index is 0.324. The van der Waals surface area contributed by atoms with E-state index in [-0.39, 0.29) is 0 Å². The number of fused-ring (bicyclic) bond motifs is 1. The van der Waals surface area contributed by atoms with Gasteiger partial charge < -0.3 is 0 Å². The Labute approximate surface area is 97.4 Å². The first-order valence-corrected chi connectivity index (χ1v) is 6.12. The first-order chi connectivity index (χ1) is 7.22. The Hall–Kier alpha value is -0.870. The zero-order chi connectivity index (χ0) is 10.8. The molecular weight excluding hydrogens is 230 g/mol. The van der Waals surface area contributed by atoms with Crippen LogP contribution in [0.25, 0.3) is 4.96 Å². The van der Waals surface area contributed by atoms with Crippen LogP contribution >= 0.6 is 22.9 Å². The fourth-order valence-corrected chi connectivity index (χ4v) is 2.19. The van der Waals surface area contributed by atoms with Gasteiger partial charge in [0.1, 0.15) is 5.69 Å². The first-order valence-electron chi connectivity index (χ1n) is 4.86. The summed E-state index contributed by atoms with van der Waals surface area (Å²) in [6.07, 6.45) is 4.79. The van der Waals surface area contributed by atoms with Crippen molar-refractivity contribution in [2.24, 2.45) is 4.99 Å². The second-order valence-corrected chi connectivity index (χ2v) is 4.61. The fraction of sp³-hybridized carbons (Fsp3) is 0.400. The Kier molecular flexibility index (Phi) is 3.07. The topological polar surface area (TPSA) is 29.7 Å². The molecule has 0 fully saturated rings. The Morgan fingerprint density at radius 3 is 3.27 bits per heavy atom. The highest BCUT2D eigenvalue weighted by molar-refractivity contribution is 7.15. The minimum atomic E-state index is 0.324. The second-order valence-electron chi connectivity index (χ2n) is 3.38. The van der Waals surface area contributed by atoms with Crippen LogP contribution in [-0.2, 0) is 0 Å². The maximum Gasteiger partial charge on any atom is 0.195 e. The fourth-order valence-electron chi connectivity index (χ4n) is 1.20. The van der Waals surface area contributed by atoms with Gasteiger partial charge >= 0.3 is 0 Å². The van der Waals surface area contributed by atoms with Gasteiger partial charge in [-0.05, 0) is 13.3 Å². The maximum atomic E-state index is 6.02. The molecule has 0 saturated heterocycles. The maximum absolute atomic E-state index is 6.02. The van der Waals surface area contributed by atoms with Crippen molar-refractivity contribution in [1.29, 1.82) is 0 Å². The van der Waals surface area contributed by atoms with Crippen LogP contribution in [0.4, 0.5) is 0 Å². The Morgan fingerprint density at radius 1 is 1.73 bits per heavy atom. The quantitative estimate of drug-likeness (QED) is 0.759. The van der Waals surface area contributed by atoms with Crippen molar-refractivity contribution in [3.8, 4) is 0 Å². The van der Waals surface area contributed by atoms with Crippen LogP contribution in [0.1, 0.15) is 26.0 Å². The number of thiazole rings is 1. The largest absolute Gasteiger partial charge is 0.288 e. The van der Waals surface area contributed by atoms with Crippen LogP contribution in [0, 0.1) is 0 Å². The third kappa shape index (κ3) is 2.06. The van der Waals surface area contributed by atoms with E-state index in [0.29, 0.717) is 11.2 Å². The lowest BCUT2D eigenvalue weighted by Gasteiger charge is -1.99. The molecule has 0 spiro atoms. The third-order valence-electron chi connectivity index (χ3n) is 2.30. The van der Waals surface area contributed by atoms with Gasteiger partial charge in [-0.2, -0.15) is 0 Å². The normalized spacial score (nSPS) is 14.1. The highest BCUT2D eigenvalue weighted by Crippen LogP contribution is 2.19. The monoisotopic (exact) mass is 241 g/mol. The summed E-state index contributed by atoms with van der Waals surface area (Å²) in [5.74, 6) is 0. The number of hydrogen-bond acceptors (Lipinski definition) is 3. The number of halogens is 1. The van der Waals surface area contributed by atoms with Gasteiger partial charge in [0.2, 0.25) is 0 Å². The number of rotatable bonds is 3. The van der Waals surface area contributed by atoms with Crippen molar-refractivity contribution < 1.29 is 0 Å². The molecule has 0 N–H and O–H groups in total. The van der Waals surface area contributed by atoms with Crippen molar-refractivity contribution in [1.82, 2.24) is 9.38 Å². The van der Waals surface area contributed by atoms with E-state index < -0.39 is 0 Å². The predicted molar refractivity (Wildman–Crippen MR) is 65.4 cm³/mol. The summed E-state index contributed by atoms with van der Waals surface area (Å²) in [7, 11) is 0. The van der Waals surface area contributed by atoms with E-state index in [0.717, 1.165) is 17.1 Å². The lowest BCUT2D eigenvalue weighted by Crippen LogP contribution is -1.97. The molecule has 2 rings (SSSR count). The Bertz CT molecular complexity index is 486. The molecule has 0 bridgehead atoms. The van der Waals surface area contributed by atoms with Gasteiger partial charge in [-0.25, -0.2) is 4.98 Å². The summed E-state index contributed by atoms with van der Waals surface area (Å²) < 4.78 is 1.96. The van der Waals surface area contributed by atoms with Crippen LogP contribution in [0.3, 0.4) is 0 Å². The molecule has 2 aromatic rings. The highest BCUT2D eigenvalue weighted by atomic mass is 35.5. The zero-order valence-corrected chi connectivity index (χ0v) is 10.2. The molecule has 2 heterocycles. The van der Waals surface area contributed by atoms with E-state index in [4.69, 9.17) is 11.6 Å². The third-order valence-corrected chi connectivity index (χ3v) is 3.33. The van der Waals surface area contributed by atoms with Gasteiger partial charge in [-0.3, -0.25) is 9.39 Å². The van der Waals surface area contributed by atoms with Gasteiger partial charge in [-0.15, -0.1) is 11.3 Å². The summed E-state index contributed by atoms with van der Waals surface area (Å²) in [5, 5.41) is 2.51. The lowest BCUT2D eigenvalue weighted by atomic mass is 10.3. The zero-order valence-electron chi connectivity index (χ0n) is 8.64. The van der Waals surface area contributed by atoms with E-state index in [1.165, 1.54) is 0 Å². The molecule has 15 heavy (non-hydrogen) atoms. The van der Waals surface area contributed by atoms with E-state index >= 15 is 0 Å². The Balaban J connectivity index is 2.37. The molecule has 0 saturated carbocycles. The minimum Gasteiger partial charge on any atom is -0.288 e. The number of hydrogen-bond donors (Lipinski definition) is 0. The number of imidazole rings is 1. The van der Waals surface area contributed by atoms with E-state index in [1.54, 1.807) is 11.3 Å². The summed E-state index contributed by atoms with van der Waals surface area (Å²) >= 11 is 7.59. The molecular formula is C10H12ClN3S. The number of aliphatic imine (C=N–C) groups is 1. The summed E-state index contributed by atoms with van der Waals surface area (Å²) in [6, 6.07) is 0.324. The van der Waals surface area contributed by atoms with Crippen molar-refractivity contribution in [2.75, 3.05) is 0 Å². The van der Waals surface area contributed by atoms with Crippen LogP contribution in [0.2, 0.25) is 5.15 Å². The molecule has 1 atom stereocenters. The molecule has 0 aliphatic carbocycles. The SMILES string of the molecule is CC[C@H](C)N=Cc1c(Cl)nc2sccn12. The standard InChI is InChI=1S/C10H12ClN3S/c1-3-7(2)12-6-8-9(11)13-10-14(8)4-5-15-10/h4-7H,3H2,1-2H3/t7-/m0/s1. The van der Waals surface area contributed by atoms with Crippen molar-refractivity contribution in [2.45, 2.75) is 26.3 Å². The van der Waals surface area contributed by atoms with Gasteiger partial charge in [0.25, 0.3) is 0 Å². The van der Waals surface area contributed by atoms with Crippen molar-refractivity contribution >= 4 is 34.1 Å². The predicted octanol–water partition coefficient (Wildman–Crippen LogP) is 3.27. The molecule has 0 amide bonds. The molecule has 3 nitrogen and oxygen atoms in total. The summed E-state index contributed by atoms with van der Waals surface area (Å²) in [4.78, 5) is 9.55. The van der Waals surface area contributed by atoms with Gasteiger partial charge in [0.15, 0.2) is 10.1 Å².